The number of nitrogens with zero attached hydrogens (tertiary/aromatic N) is 1. The molecule has 0 spiro atoms. The summed E-state index contributed by atoms with van der Waals surface area (Å²) in [5.41, 5.74) is 4.39. The van der Waals surface area contributed by atoms with Crippen molar-refractivity contribution in [2.24, 2.45) is 0 Å². The number of esters is 1. The Hall–Kier alpha value is -3.42. The monoisotopic (exact) mass is 550 g/mol. The Labute approximate surface area is 232 Å². The molecule has 0 aliphatic carbocycles. The lowest BCUT2D eigenvalue weighted by Crippen LogP contribution is -2.17. The maximum Gasteiger partial charge on any atom is 0.342 e. The van der Waals surface area contributed by atoms with Gasteiger partial charge in [-0.15, -0.1) is 11.3 Å². The van der Waals surface area contributed by atoms with Gasteiger partial charge >= 0.3 is 5.97 Å². The van der Waals surface area contributed by atoms with Crippen LogP contribution in [0.25, 0.3) is 22.4 Å². The summed E-state index contributed by atoms with van der Waals surface area (Å²) in [6.45, 7) is 11.5. The number of benzene rings is 2. The zero-order valence-electron chi connectivity index (χ0n) is 22.3. The molecule has 0 fully saturated rings. The molecule has 0 aliphatic heterocycles. The second-order valence-electron chi connectivity index (χ2n) is 9.52. The molecule has 6 nitrogen and oxygen atoms in total. The van der Waals surface area contributed by atoms with Gasteiger partial charge in [-0.05, 0) is 57.2 Å². The Bertz CT molecular complexity index is 1470. The van der Waals surface area contributed by atoms with Gasteiger partial charge in [0.1, 0.15) is 27.6 Å². The Balaban J connectivity index is 1.77. The maximum atomic E-state index is 13.6. The molecule has 2 aromatic carbocycles. The van der Waals surface area contributed by atoms with Crippen LogP contribution < -0.4 is 5.32 Å². The smallest absolute Gasteiger partial charge is 0.342 e. The van der Waals surface area contributed by atoms with E-state index in [0.717, 1.165) is 22.4 Å². The van der Waals surface area contributed by atoms with Gasteiger partial charge < -0.3 is 14.6 Å². The highest BCUT2D eigenvalue weighted by Gasteiger charge is 2.29. The van der Waals surface area contributed by atoms with Crippen LogP contribution in [0.4, 0.5) is 5.00 Å². The van der Waals surface area contributed by atoms with Gasteiger partial charge in [0.15, 0.2) is 0 Å². The predicted molar refractivity (Wildman–Crippen MR) is 153 cm³/mol. The highest BCUT2D eigenvalue weighted by atomic mass is 35.5. The van der Waals surface area contributed by atoms with E-state index >= 15 is 0 Å². The number of amides is 1. The number of hydrogen-bond donors (Lipinski definition) is 1. The fourth-order valence-corrected chi connectivity index (χ4v) is 5.59. The molecule has 1 N–H and O–H groups in total. The number of anilines is 1. The Kier molecular flexibility index (Phi) is 8.38. The second-order valence-corrected chi connectivity index (χ2v) is 11.2. The molecule has 0 unspecified atom stereocenters. The molecule has 4 rings (SSSR count). The lowest BCUT2D eigenvalue weighted by atomic mass is 9.94. The van der Waals surface area contributed by atoms with Crippen LogP contribution >= 0.6 is 22.9 Å². The number of hydrogen-bond acceptors (Lipinski definition) is 6. The highest BCUT2D eigenvalue weighted by Crippen LogP contribution is 2.42. The number of rotatable bonds is 8. The number of carbonyl (C=O) groups is 2. The van der Waals surface area contributed by atoms with Crippen molar-refractivity contribution in [1.29, 1.82) is 0 Å². The fraction of sp³-hybridized carbons (Fsp3) is 0.300. The summed E-state index contributed by atoms with van der Waals surface area (Å²) in [6, 6.07) is 15.3. The summed E-state index contributed by atoms with van der Waals surface area (Å²) < 4.78 is 11.0. The van der Waals surface area contributed by atoms with Crippen LogP contribution in [0.5, 0.6) is 0 Å². The number of aryl methyl sites for hydroxylation is 2. The first-order valence-corrected chi connectivity index (χ1v) is 13.8. The summed E-state index contributed by atoms with van der Waals surface area (Å²) >= 11 is 7.71. The highest BCUT2D eigenvalue weighted by molar-refractivity contribution is 7.17. The molecule has 0 saturated heterocycles. The largest absolute Gasteiger partial charge is 0.459 e. The van der Waals surface area contributed by atoms with Crippen molar-refractivity contribution in [1.82, 2.24) is 5.16 Å². The first-order chi connectivity index (χ1) is 18.1. The van der Waals surface area contributed by atoms with Crippen LogP contribution in [0, 0.1) is 13.8 Å². The van der Waals surface area contributed by atoms with Crippen LogP contribution in [0.2, 0.25) is 5.02 Å². The van der Waals surface area contributed by atoms with Gasteiger partial charge in [0.25, 0.3) is 5.91 Å². The molecule has 8 heteroatoms. The van der Waals surface area contributed by atoms with E-state index < -0.39 is 11.9 Å². The molecular weight excluding hydrogens is 520 g/mol. The molecule has 198 valence electrons. The molecule has 1 atom stereocenters. The van der Waals surface area contributed by atoms with Gasteiger partial charge in [0.2, 0.25) is 0 Å². The topological polar surface area (TPSA) is 81.4 Å². The van der Waals surface area contributed by atoms with Crippen molar-refractivity contribution in [3.05, 3.63) is 80.9 Å². The molecular formula is C30H31ClN2O4S. The van der Waals surface area contributed by atoms with Crippen molar-refractivity contribution < 1.29 is 18.8 Å². The van der Waals surface area contributed by atoms with Crippen molar-refractivity contribution >= 4 is 39.8 Å². The lowest BCUT2D eigenvalue weighted by molar-refractivity contribution is 0.0380. The van der Waals surface area contributed by atoms with Crippen LogP contribution in [0.1, 0.15) is 77.0 Å². The zero-order chi connectivity index (χ0) is 27.6. The minimum absolute atomic E-state index is 0.256. The Morgan fingerprint density at radius 3 is 2.37 bits per heavy atom. The zero-order valence-corrected chi connectivity index (χ0v) is 23.9. The SMILES string of the molecule is CC[C@@H](C)c1ccc(-c2c(C)sc(NC(=O)c3c(-c4ccccc4Cl)noc3C)c2C(=O)OC(C)C)cc1. The van der Waals surface area contributed by atoms with E-state index in [1.54, 1.807) is 39.0 Å². The summed E-state index contributed by atoms with van der Waals surface area (Å²) in [6.07, 6.45) is 0.719. The van der Waals surface area contributed by atoms with Gasteiger partial charge in [0, 0.05) is 16.0 Å². The quantitative estimate of drug-likeness (QED) is 0.222. The molecule has 2 heterocycles. The van der Waals surface area contributed by atoms with E-state index in [0.29, 0.717) is 38.5 Å². The maximum absolute atomic E-state index is 13.6. The van der Waals surface area contributed by atoms with E-state index in [1.165, 1.54) is 16.9 Å². The lowest BCUT2D eigenvalue weighted by Gasteiger charge is -2.13. The summed E-state index contributed by atoms with van der Waals surface area (Å²) in [5, 5.41) is 7.90. The normalized spacial score (nSPS) is 12.0. The van der Waals surface area contributed by atoms with Gasteiger partial charge in [-0.2, -0.15) is 0 Å². The standard InChI is InChI=1S/C30H31ClN2O4S/c1-7-17(4)20-12-14-21(15-13-20)25-19(6)38-29(26(25)30(35)36-16(2)3)32-28(34)24-18(5)37-33-27(24)22-10-8-9-11-23(22)31/h8-17H,7H2,1-6H3,(H,32,34)/t17-/m1/s1. The molecule has 2 aromatic heterocycles. The minimum Gasteiger partial charge on any atom is -0.459 e. The van der Waals surface area contributed by atoms with Crippen LogP contribution in [-0.2, 0) is 4.74 Å². The van der Waals surface area contributed by atoms with Crippen molar-refractivity contribution in [3.8, 4) is 22.4 Å². The third kappa shape index (κ3) is 5.54. The number of carbonyl (C=O) groups excluding carboxylic acids is 2. The van der Waals surface area contributed by atoms with Crippen LogP contribution in [0.15, 0.2) is 53.1 Å². The number of thiophene rings is 1. The molecule has 4 aromatic rings. The summed E-state index contributed by atoms with van der Waals surface area (Å²) in [4.78, 5) is 27.9. The summed E-state index contributed by atoms with van der Waals surface area (Å²) in [5.74, 6) is -0.156. The third-order valence-electron chi connectivity index (χ3n) is 6.46. The molecule has 0 aliphatic rings. The van der Waals surface area contributed by atoms with E-state index in [2.05, 4.69) is 36.5 Å². The Morgan fingerprint density at radius 2 is 1.74 bits per heavy atom. The van der Waals surface area contributed by atoms with Gasteiger partial charge in [-0.25, -0.2) is 4.79 Å². The van der Waals surface area contributed by atoms with Gasteiger partial charge in [-0.3, -0.25) is 4.79 Å². The first kappa shape index (κ1) is 27.6. The minimum atomic E-state index is -0.492. The number of aromatic nitrogens is 1. The predicted octanol–water partition coefficient (Wildman–Crippen LogP) is 8.67. The molecule has 1 amide bonds. The summed E-state index contributed by atoms with van der Waals surface area (Å²) in [7, 11) is 0. The Morgan fingerprint density at radius 1 is 1.05 bits per heavy atom. The van der Waals surface area contributed by atoms with Crippen molar-refractivity contribution in [2.45, 2.75) is 60.0 Å². The molecule has 0 saturated carbocycles. The van der Waals surface area contributed by atoms with Crippen LogP contribution in [0.3, 0.4) is 0 Å². The number of halogens is 1. The van der Waals surface area contributed by atoms with E-state index in [1.807, 2.05) is 25.1 Å². The van der Waals surface area contributed by atoms with E-state index in [-0.39, 0.29) is 11.7 Å². The average Bonchev–Trinajstić information content (AvgIpc) is 3.42. The molecule has 0 radical (unpaired) electrons. The fourth-order valence-electron chi connectivity index (χ4n) is 4.30. The third-order valence-corrected chi connectivity index (χ3v) is 7.81. The van der Waals surface area contributed by atoms with Gasteiger partial charge in [-0.1, -0.05) is 73.1 Å². The van der Waals surface area contributed by atoms with Crippen molar-refractivity contribution in [2.75, 3.05) is 5.32 Å². The second kappa shape index (κ2) is 11.5. The van der Waals surface area contributed by atoms with Gasteiger partial charge in [0.05, 0.1) is 11.1 Å². The van der Waals surface area contributed by atoms with E-state index in [4.69, 9.17) is 20.9 Å². The number of ether oxygens (including phenoxy) is 1. The first-order valence-electron chi connectivity index (χ1n) is 12.6. The van der Waals surface area contributed by atoms with Crippen molar-refractivity contribution in [3.63, 3.8) is 0 Å². The number of nitrogens with one attached hydrogen (secondary N) is 1. The average molecular weight is 551 g/mol. The molecule has 0 bridgehead atoms. The van der Waals surface area contributed by atoms with E-state index in [9.17, 15) is 9.59 Å². The molecule has 38 heavy (non-hydrogen) atoms. The van der Waals surface area contributed by atoms with Crippen LogP contribution in [-0.4, -0.2) is 23.1 Å².